The van der Waals surface area contributed by atoms with Gasteiger partial charge in [0.2, 0.25) is 0 Å². The first-order chi connectivity index (χ1) is 15.0. The number of aromatic hydroxyl groups is 2. The van der Waals surface area contributed by atoms with Crippen LogP contribution in [-0.2, 0) is 0 Å². The third-order valence-electron chi connectivity index (χ3n) is 6.53. The molecule has 0 aliphatic heterocycles. The molecule has 2 unspecified atom stereocenters. The summed E-state index contributed by atoms with van der Waals surface area (Å²) in [5.41, 5.74) is 1.73. The fourth-order valence-corrected chi connectivity index (χ4v) is 3.85. The van der Waals surface area contributed by atoms with E-state index in [1.807, 2.05) is 28.2 Å². The van der Waals surface area contributed by atoms with E-state index in [4.69, 9.17) is 0 Å². The Morgan fingerprint density at radius 1 is 0.781 bits per heavy atom. The average molecular weight is 443 g/mol. The molecule has 0 saturated heterocycles. The zero-order valence-corrected chi connectivity index (χ0v) is 19.7. The highest BCUT2D eigenvalue weighted by molar-refractivity contribution is 6.33. The summed E-state index contributed by atoms with van der Waals surface area (Å²) in [4.78, 5) is 31.2. The van der Waals surface area contributed by atoms with Crippen LogP contribution in [0.5, 0.6) is 11.5 Å². The van der Waals surface area contributed by atoms with Crippen LogP contribution < -0.4 is 10.6 Å². The van der Waals surface area contributed by atoms with Crippen LogP contribution in [0.1, 0.15) is 47.4 Å². The van der Waals surface area contributed by atoms with Gasteiger partial charge in [-0.2, -0.15) is 0 Å². The fraction of sp³-hybridized carbons (Fsp3) is 0.500. The average Bonchev–Trinajstić information content (AvgIpc) is 2.75. The van der Waals surface area contributed by atoms with Gasteiger partial charge >= 0.3 is 0 Å². The first-order valence-corrected chi connectivity index (χ1v) is 11.0. The second-order valence-corrected chi connectivity index (χ2v) is 9.11. The number of Topliss-reactive ketones (excluding diaryl/α,β-unsaturated/α-hetero) is 2. The molecule has 0 aromatic heterocycles. The monoisotopic (exact) mass is 442 g/mol. The molecule has 2 atom stereocenters. The molecular formula is C24H34N4O4. The first kappa shape index (κ1) is 23.8. The molecule has 0 radical (unpaired) electrons. The molecule has 0 spiro atoms. The van der Waals surface area contributed by atoms with Crippen molar-refractivity contribution in [3.8, 4) is 11.5 Å². The number of ketones is 2. The fourth-order valence-electron chi connectivity index (χ4n) is 3.85. The molecule has 2 aliphatic carbocycles. The van der Waals surface area contributed by atoms with Crippen LogP contribution in [-0.4, -0.2) is 84.9 Å². The molecule has 8 heteroatoms. The second-order valence-electron chi connectivity index (χ2n) is 9.11. The lowest BCUT2D eigenvalue weighted by atomic mass is 9.76. The summed E-state index contributed by atoms with van der Waals surface area (Å²) >= 11 is 0. The molecule has 4 N–H and O–H groups in total. The highest BCUT2D eigenvalue weighted by atomic mass is 16.3. The molecule has 1 aromatic rings. The minimum atomic E-state index is -0.442. The van der Waals surface area contributed by atoms with Crippen LogP contribution in [0, 0.1) is 0 Å². The smallest absolute Gasteiger partial charge is 0.200 e. The largest absolute Gasteiger partial charge is 0.507 e. The van der Waals surface area contributed by atoms with Crippen molar-refractivity contribution in [2.45, 2.75) is 38.8 Å². The van der Waals surface area contributed by atoms with Crippen molar-refractivity contribution in [1.29, 1.82) is 0 Å². The van der Waals surface area contributed by atoms with E-state index in [-0.39, 0.29) is 34.7 Å². The standard InChI is InChI=1S/C24H34N4O4/c1-13(27(3)4)11-25-15-7-8-16(26-12-14(2)28(5)6)20-19(15)23(31)21-17(29)9-10-18(30)22(21)24(20)32/h9-10,13-14,25-26,29-30H,7-8,11-12H2,1-6H3. The normalized spacial score (nSPS) is 18.1. The number of hydrogen-bond acceptors (Lipinski definition) is 8. The van der Waals surface area contributed by atoms with Crippen LogP contribution in [0.4, 0.5) is 0 Å². The van der Waals surface area contributed by atoms with E-state index in [0.717, 1.165) is 0 Å². The first-order valence-electron chi connectivity index (χ1n) is 11.0. The van der Waals surface area contributed by atoms with Crippen molar-refractivity contribution in [3.63, 3.8) is 0 Å². The van der Waals surface area contributed by atoms with Crippen molar-refractivity contribution in [2.75, 3.05) is 41.3 Å². The van der Waals surface area contributed by atoms with E-state index >= 15 is 0 Å². The number of fused-ring (bicyclic) bond motifs is 2. The Bertz CT molecular complexity index is 915. The lowest BCUT2D eigenvalue weighted by Gasteiger charge is -2.32. The van der Waals surface area contributed by atoms with E-state index in [1.54, 1.807) is 0 Å². The molecule has 32 heavy (non-hydrogen) atoms. The van der Waals surface area contributed by atoms with Crippen molar-refractivity contribution in [2.24, 2.45) is 0 Å². The quantitative estimate of drug-likeness (QED) is 0.452. The number of rotatable bonds is 8. The van der Waals surface area contributed by atoms with Crippen LogP contribution in [0.25, 0.3) is 0 Å². The van der Waals surface area contributed by atoms with Gasteiger partial charge in [-0.3, -0.25) is 9.59 Å². The van der Waals surface area contributed by atoms with Gasteiger partial charge < -0.3 is 30.6 Å². The van der Waals surface area contributed by atoms with E-state index in [2.05, 4.69) is 34.3 Å². The van der Waals surface area contributed by atoms with Gasteiger partial charge in [-0.25, -0.2) is 0 Å². The Balaban J connectivity index is 2.11. The van der Waals surface area contributed by atoms with E-state index < -0.39 is 11.6 Å². The zero-order chi connectivity index (χ0) is 23.7. The number of carbonyl (C=O) groups excluding carboxylic acids is 2. The number of benzene rings is 1. The number of likely N-dealkylation sites (N-methyl/N-ethyl adjacent to an activating group) is 2. The summed E-state index contributed by atoms with van der Waals surface area (Å²) in [6.07, 6.45) is 1.15. The molecule has 0 heterocycles. The molecule has 174 valence electrons. The van der Waals surface area contributed by atoms with Crippen LogP contribution in [0.3, 0.4) is 0 Å². The molecule has 0 fully saturated rings. The van der Waals surface area contributed by atoms with E-state index in [9.17, 15) is 19.8 Å². The van der Waals surface area contributed by atoms with Gasteiger partial charge in [-0.15, -0.1) is 0 Å². The van der Waals surface area contributed by atoms with E-state index in [0.29, 0.717) is 48.5 Å². The number of carbonyl (C=O) groups is 2. The third-order valence-corrected chi connectivity index (χ3v) is 6.53. The summed E-state index contributed by atoms with van der Waals surface area (Å²) in [5.74, 6) is -1.49. The SMILES string of the molecule is CC(CNC1=C2C(=O)c3c(O)ccc(O)c3C(=O)C2=C(NCC(C)N(C)C)CC1)N(C)C. The van der Waals surface area contributed by atoms with Crippen molar-refractivity contribution in [3.05, 3.63) is 45.8 Å². The van der Waals surface area contributed by atoms with Crippen molar-refractivity contribution in [1.82, 2.24) is 20.4 Å². The van der Waals surface area contributed by atoms with E-state index in [1.165, 1.54) is 12.1 Å². The number of nitrogens with one attached hydrogen (secondary N) is 2. The number of phenolic OH excluding ortho intramolecular Hbond substituents is 2. The highest BCUT2D eigenvalue weighted by Gasteiger charge is 2.41. The molecular weight excluding hydrogens is 408 g/mol. The zero-order valence-electron chi connectivity index (χ0n) is 19.7. The number of phenols is 2. The number of allylic oxidation sites excluding steroid dienone is 4. The maximum absolute atomic E-state index is 13.5. The Morgan fingerprint density at radius 2 is 1.12 bits per heavy atom. The maximum atomic E-state index is 13.5. The van der Waals surface area contributed by atoms with Gasteiger partial charge in [0.05, 0.1) is 22.3 Å². The minimum absolute atomic E-state index is 0.128. The summed E-state index contributed by atoms with van der Waals surface area (Å²) in [7, 11) is 7.93. The number of nitrogens with zero attached hydrogens (tertiary/aromatic N) is 2. The summed E-state index contributed by atoms with van der Waals surface area (Å²) in [6.45, 7) is 5.36. The highest BCUT2D eigenvalue weighted by Crippen LogP contribution is 2.43. The molecule has 0 amide bonds. The van der Waals surface area contributed by atoms with Crippen LogP contribution in [0.15, 0.2) is 34.7 Å². The second kappa shape index (κ2) is 9.34. The van der Waals surface area contributed by atoms with Gasteiger partial charge in [0.15, 0.2) is 11.6 Å². The third kappa shape index (κ3) is 4.38. The van der Waals surface area contributed by atoms with Crippen LogP contribution in [0.2, 0.25) is 0 Å². The van der Waals surface area contributed by atoms with Gasteiger partial charge in [-0.1, -0.05) is 0 Å². The maximum Gasteiger partial charge on any atom is 0.200 e. The Labute approximate surface area is 189 Å². The van der Waals surface area contributed by atoms with Crippen LogP contribution >= 0.6 is 0 Å². The summed E-state index contributed by atoms with van der Waals surface area (Å²) in [5, 5.41) is 27.5. The van der Waals surface area contributed by atoms with Gasteiger partial charge in [0.1, 0.15) is 11.5 Å². The Hall–Kier alpha value is -2.84. The minimum Gasteiger partial charge on any atom is -0.507 e. The lowest BCUT2D eigenvalue weighted by molar-refractivity contribution is 0.0963. The molecule has 3 rings (SSSR count). The molecule has 1 aromatic carbocycles. The van der Waals surface area contributed by atoms with Gasteiger partial charge in [0, 0.05) is 36.6 Å². The molecule has 2 aliphatic rings. The van der Waals surface area contributed by atoms with Crippen molar-refractivity contribution < 1.29 is 19.8 Å². The Kier molecular flexibility index (Phi) is 6.95. The predicted molar refractivity (Wildman–Crippen MR) is 124 cm³/mol. The molecule has 0 bridgehead atoms. The molecule has 0 saturated carbocycles. The lowest BCUT2D eigenvalue weighted by Crippen LogP contribution is -2.40. The summed E-state index contributed by atoms with van der Waals surface area (Å²) in [6, 6.07) is 2.93. The topological polar surface area (TPSA) is 105 Å². The predicted octanol–water partition coefficient (Wildman–Crippen LogP) is 1.86. The molecule has 8 nitrogen and oxygen atoms in total. The number of hydrogen-bond donors (Lipinski definition) is 4. The summed E-state index contributed by atoms with van der Waals surface area (Å²) < 4.78 is 0. The van der Waals surface area contributed by atoms with Crippen molar-refractivity contribution >= 4 is 11.6 Å². The Morgan fingerprint density at radius 3 is 1.44 bits per heavy atom. The van der Waals surface area contributed by atoms with Gasteiger partial charge in [0.25, 0.3) is 0 Å². The van der Waals surface area contributed by atoms with Gasteiger partial charge in [-0.05, 0) is 67.0 Å².